The summed E-state index contributed by atoms with van der Waals surface area (Å²) in [6.45, 7) is 8.19. The van der Waals surface area contributed by atoms with Crippen LogP contribution in [0.5, 0.6) is 0 Å². The van der Waals surface area contributed by atoms with Gasteiger partial charge in [-0.1, -0.05) is 18.9 Å². The van der Waals surface area contributed by atoms with Gasteiger partial charge in [-0.15, -0.1) is 0 Å². The van der Waals surface area contributed by atoms with E-state index in [1.165, 1.54) is 6.42 Å². The van der Waals surface area contributed by atoms with Crippen molar-refractivity contribution in [3.05, 3.63) is 0 Å². The van der Waals surface area contributed by atoms with Crippen LogP contribution in [0.15, 0.2) is 0 Å². The molecule has 1 heterocycles. The molecule has 0 amide bonds. The fourth-order valence-electron chi connectivity index (χ4n) is 1.35. The third-order valence-electron chi connectivity index (χ3n) is 2.17. The number of nitrogens with zero attached hydrogens (tertiary/aromatic N) is 5. The Morgan fingerprint density at radius 3 is 2.64 bits per heavy atom. The SMILES string of the molecule is CCCN(CC)CCn1nnnc1N. The van der Waals surface area contributed by atoms with Gasteiger partial charge in [-0.05, 0) is 29.9 Å². The maximum Gasteiger partial charge on any atom is 0.240 e. The molecule has 1 aromatic rings. The molecule has 80 valence electrons. The van der Waals surface area contributed by atoms with Gasteiger partial charge in [0.25, 0.3) is 0 Å². The molecule has 0 aliphatic carbocycles. The lowest BCUT2D eigenvalue weighted by molar-refractivity contribution is 0.272. The summed E-state index contributed by atoms with van der Waals surface area (Å²) in [4.78, 5) is 2.35. The fourth-order valence-corrected chi connectivity index (χ4v) is 1.35. The van der Waals surface area contributed by atoms with Gasteiger partial charge in [0.05, 0.1) is 6.54 Å². The first kappa shape index (κ1) is 10.9. The highest BCUT2D eigenvalue weighted by Gasteiger charge is 2.04. The zero-order valence-electron chi connectivity index (χ0n) is 8.85. The van der Waals surface area contributed by atoms with E-state index in [0.717, 1.165) is 26.2 Å². The summed E-state index contributed by atoms with van der Waals surface area (Å²) in [5, 5.41) is 10.9. The van der Waals surface area contributed by atoms with Crippen molar-refractivity contribution >= 4 is 5.95 Å². The molecule has 0 aliphatic rings. The number of hydrogen-bond donors (Lipinski definition) is 1. The van der Waals surface area contributed by atoms with Crippen LogP contribution in [0.3, 0.4) is 0 Å². The molecule has 1 rings (SSSR count). The fraction of sp³-hybridized carbons (Fsp3) is 0.875. The van der Waals surface area contributed by atoms with E-state index in [1.54, 1.807) is 4.68 Å². The second-order valence-corrected chi connectivity index (χ2v) is 3.19. The Morgan fingerprint density at radius 2 is 2.14 bits per heavy atom. The van der Waals surface area contributed by atoms with Crippen molar-refractivity contribution in [2.24, 2.45) is 0 Å². The maximum absolute atomic E-state index is 5.55. The summed E-state index contributed by atoms with van der Waals surface area (Å²) in [5.74, 6) is 0.387. The molecule has 0 aromatic carbocycles. The molecule has 2 N–H and O–H groups in total. The van der Waals surface area contributed by atoms with Crippen molar-refractivity contribution in [3.63, 3.8) is 0 Å². The average molecular weight is 198 g/mol. The van der Waals surface area contributed by atoms with E-state index in [2.05, 4.69) is 34.3 Å². The predicted molar refractivity (Wildman–Crippen MR) is 54.6 cm³/mol. The van der Waals surface area contributed by atoms with E-state index >= 15 is 0 Å². The summed E-state index contributed by atoms with van der Waals surface area (Å²) >= 11 is 0. The second-order valence-electron chi connectivity index (χ2n) is 3.19. The number of hydrogen-bond acceptors (Lipinski definition) is 5. The summed E-state index contributed by atoms with van der Waals surface area (Å²) in [5.41, 5.74) is 5.55. The van der Waals surface area contributed by atoms with E-state index in [9.17, 15) is 0 Å². The number of nitrogen functional groups attached to an aromatic ring is 1. The van der Waals surface area contributed by atoms with E-state index < -0.39 is 0 Å². The Hall–Kier alpha value is -1.17. The maximum atomic E-state index is 5.55. The van der Waals surface area contributed by atoms with E-state index in [0.29, 0.717) is 5.95 Å². The lowest BCUT2D eigenvalue weighted by Gasteiger charge is -2.18. The highest BCUT2D eigenvalue weighted by atomic mass is 15.6. The minimum absolute atomic E-state index is 0.387. The first-order chi connectivity index (χ1) is 6.77. The van der Waals surface area contributed by atoms with Crippen LogP contribution in [0.4, 0.5) is 5.95 Å². The van der Waals surface area contributed by atoms with Gasteiger partial charge in [0.15, 0.2) is 0 Å². The van der Waals surface area contributed by atoms with Gasteiger partial charge in [-0.3, -0.25) is 0 Å². The number of aromatic nitrogens is 4. The summed E-state index contributed by atoms with van der Waals surface area (Å²) in [7, 11) is 0. The van der Waals surface area contributed by atoms with Gasteiger partial charge in [-0.2, -0.15) is 0 Å². The van der Waals surface area contributed by atoms with E-state index in [1.807, 2.05) is 0 Å². The molecule has 0 unspecified atom stereocenters. The van der Waals surface area contributed by atoms with E-state index in [-0.39, 0.29) is 0 Å². The number of likely N-dealkylation sites (N-methyl/N-ethyl adjacent to an activating group) is 1. The summed E-state index contributed by atoms with van der Waals surface area (Å²) < 4.78 is 1.62. The van der Waals surface area contributed by atoms with E-state index in [4.69, 9.17) is 5.73 Å². The Bertz CT molecular complexity index is 258. The standard InChI is InChI=1S/C8H18N6/c1-3-5-13(4-2)6-7-14-8(9)10-11-12-14/h3-7H2,1-2H3,(H2,9,10,12). The molecule has 0 spiro atoms. The first-order valence-corrected chi connectivity index (χ1v) is 5.02. The number of tetrazole rings is 1. The van der Waals surface area contributed by atoms with Crippen molar-refractivity contribution in [2.45, 2.75) is 26.8 Å². The Morgan fingerprint density at radius 1 is 1.36 bits per heavy atom. The number of rotatable bonds is 6. The molecule has 14 heavy (non-hydrogen) atoms. The molecule has 0 saturated heterocycles. The van der Waals surface area contributed by atoms with Crippen LogP contribution in [0.2, 0.25) is 0 Å². The van der Waals surface area contributed by atoms with Gasteiger partial charge in [0.1, 0.15) is 0 Å². The highest BCUT2D eigenvalue weighted by Crippen LogP contribution is 1.95. The van der Waals surface area contributed by atoms with Crippen molar-refractivity contribution < 1.29 is 0 Å². The minimum Gasteiger partial charge on any atom is -0.367 e. The van der Waals surface area contributed by atoms with Crippen molar-refractivity contribution in [1.82, 2.24) is 25.1 Å². The summed E-state index contributed by atoms with van der Waals surface area (Å²) in [6.07, 6.45) is 1.17. The third kappa shape index (κ3) is 2.95. The Kier molecular flexibility index (Phi) is 4.31. The largest absolute Gasteiger partial charge is 0.367 e. The van der Waals surface area contributed by atoms with Gasteiger partial charge < -0.3 is 10.6 Å². The third-order valence-corrected chi connectivity index (χ3v) is 2.17. The quantitative estimate of drug-likeness (QED) is 0.696. The topological polar surface area (TPSA) is 72.9 Å². The molecule has 6 heteroatoms. The van der Waals surface area contributed by atoms with Crippen LogP contribution in [-0.4, -0.2) is 44.7 Å². The lowest BCUT2D eigenvalue weighted by atomic mass is 10.4. The van der Waals surface area contributed by atoms with Crippen LogP contribution in [0.1, 0.15) is 20.3 Å². The lowest BCUT2D eigenvalue weighted by Crippen LogP contribution is -2.28. The molecule has 6 nitrogen and oxygen atoms in total. The molecule has 0 atom stereocenters. The van der Waals surface area contributed by atoms with Crippen molar-refractivity contribution in [1.29, 1.82) is 0 Å². The first-order valence-electron chi connectivity index (χ1n) is 5.02. The monoisotopic (exact) mass is 198 g/mol. The van der Waals surface area contributed by atoms with Gasteiger partial charge in [0.2, 0.25) is 5.95 Å². The molecule has 0 aliphatic heterocycles. The smallest absolute Gasteiger partial charge is 0.240 e. The van der Waals surface area contributed by atoms with Crippen molar-refractivity contribution in [3.8, 4) is 0 Å². The molecule has 0 bridgehead atoms. The zero-order valence-corrected chi connectivity index (χ0v) is 8.85. The Balaban J connectivity index is 2.35. The molecule has 1 aromatic heterocycles. The Labute approximate surface area is 84.1 Å². The average Bonchev–Trinajstić information content (AvgIpc) is 2.59. The van der Waals surface area contributed by atoms with Gasteiger partial charge in [-0.25, -0.2) is 4.68 Å². The van der Waals surface area contributed by atoms with Gasteiger partial charge >= 0.3 is 0 Å². The normalized spacial score (nSPS) is 11.1. The summed E-state index contributed by atoms with van der Waals surface area (Å²) in [6, 6.07) is 0. The molecule has 0 saturated carbocycles. The van der Waals surface area contributed by atoms with Crippen LogP contribution >= 0.6 is 0 Å². The highest BCUT2D eigenvalue weighted by molar-refractivity contribution is 5.09. The van der Waals surface area contributed by atoms with Crippen LogP contribution in [-0.2, 0) is 6.54 Å². The molecule has 0 radical (unpaired) electrons. The number of anilines is 1. The zero-order chi connectivity index (χ0) is 10.4. The minimum atomic E-state index is 0.387. The van der Waals surface area contributed by atoms with Crippen LogP contribution < -0.4 is 5.73 Å². The number of nitrogens with two attached hydrogens (primary N) is 1. The molecular weight excluding hydrogens is 180 g/mol. The van der Waals surface area contributed by atoms with Gasteiger partial charge in [0, 0.05) is 6.54 Å². The second kappa shape index (κ2) is 5.54. The predicted octanol–water partition coefficient (Wildman–Crippen LogP) is -0.0128. The van der Waals surface area contributed by atoms with Crippen LogP contribution in [0.25, 0.3) is 0 Å². The molecule has 0 fully saturated rings. The molecular formula is C8H18N6. The van der Waals surface area contributed by atoms with Crippen LogP contribution in [0, 0.1) is 0 Å². The van der Waals surface area contributed by atoms with Crippen molar-refractivity contribution in [2.75, 3.05) is 25.4 Å².